The average Bonchev–Trinajstić information content (AvgIpc) is 3.23. The van der Waals surface area contributed by atoms with Gasteiger partial charge in [-0.3, -0.25) is 4.79 Å². The summed E-state index contributed by atoms with van der Waals surface area (Å²) in [7, 11) is 1.88. The summed E-state index contributed by atoms with van der Waals surface area (Å²) in [6.45, 7) is 5.82. The molecule has 0 bridgehead atoms. The molecule has 2 heterocycles. The molecule has 1 N–H and O–H groups in total. The molecule has 0 aliphatic heterocycles. The molecule has 3 aromatic rings. The van der Waals surface area contributed by atoms with Crippen LogP contribution in [0, 0.1) is 0 Å². The summed E-state index contributed by atoms with van der Waals surface area (Å²) in [5, 5.41) is 7.12. The first-order valence-electron chi connectivity index (χ1n) is 9.61. The molecule has 3 rings (SSSR count). The molecule has 0 fully saturated rings. The van der Waals surface area contributed by atoms with E-state index in [-0.39, 0.29) is 12.3 Å². The number of benzene rings is 1. The van der Waals surface area contributed by atoms with Crippen molar-refractivity contribution in [1.29, 1.82) is 0 Å². The second-order valence-electron chi connectivity index (χ2n) is 6.67. The predicted octanol–water partition coefficient (Wildman–Crippen LogP) is 2.91. The predicted molar refractivity (Wildman–Crippen MR) is 107 cm³/mol. The summed E-state index contributed by atoms with van der Waals surface area (Å²) in [5.41, 5.74) is 3.83. The lowest BCUT2D eigenvalue weighted by Gasteiger charge is -2.03. The maximum Gasteiger partial charge on any atom is 0.490 e. The van der Waals surface area contributed by atoms with Crippen LogP contribution in [0.25, 0.3) is 11.0 Å². The van der Waals surface area contributed by atoms with Crippen molar-refractivity contribution < 1.29 is 27.9 Å². The summed E-state index contributed by atoms with van der Waals surface area (Å²) >= 11 is 0. The van der Waals surface area contributed by atoms with E-state index in [1.165, 1.54) is 0 Å². The molecule has 0 radical (unpaired) electrons. The van der Waals surface area contributed by atoms with E-state index in [0.29, 0.717) is 0 Å². The topological polar surface area (TPSA) is 94.4 Å². The number of carboxylic acid groups (broad SMARTS) is 1. The van der Waals surface area contributed by atoms with Gasteiger partial charge in [0, 0.05) is 32.0 Å². The number of fused-ring (bicyclic) bond motifs is 1. The number of aliphatic carboxylic acids is 1. The van der Waals surface area contributed by atoms with E-state index >= 15 is 0 Å². The standard InChI is InChI=1S/C18H23N5O.C2HF3O2/c1-4-10-23-16-9-7-6-8-15(16)22(5-2)18(23)20-17(24)11-14-12-19-13-21(14)3;3-2(4,5)1(6)7/h6-9,12-13H,4-5,10-11H2,1-3H3;(H,6,7). The molecule has 0 aliphatic rings. The second-order valence-corrected chi connectivity index (χ2v) is 6.67. The molecule has 0 saturated carbocycles. The molecular weight excluding hydrogens is 415 g/mol. The smallest absolute Gasteiger partial charge is 0.475 e. The van der Waals surface area contributed by atoms with Crippen molar-refractivity contribution in [2.75, 3.05) is 0 Å². The monoisotopic (exact) mass is 439 g/mol. The van der Waals surface area contributed by atoms with Crippen molar-refractivity contribution in [3.05, 3.63) is 48.1 Å². The highest BCUT2D eigenvalue weighted by atomic mass is 19.4. The Bertz CT molecular complexity index is 1130. The van der Waals surface area contributed by atoms with Gasteiger partial charge in [0.2, 0.25) is 5.62 Å². The lowest BCUT2D eigenvalue weighted by molar-refractivity contribution is -0.192. The Morgan fingerprint density at radius 1 is 1.13 bits per heavy atom. The van der Waals surface area contributed by atoms with E-state index in [2.05, 4.69) is 45.1 Å². The summed E-state index contributed by atoms with van der Waals surface area (Å²) in [6, 6.07) is 8.21. The van der Waals surface area contributed by atoms with Crippen molar-refractivity contribution in [2.24, 2.45) is 12.0 Å². The Kier molecular flexibility index (Phi) is 7.78. The minimum atomic E-state index is -5.08. The summed E-state index contributed by atoms with van der Waals surface area (Å²) in [4.78, 5) is 29.9. The van der Waals surface area contributed by atoms with Crippen LogP contribution in [-0.4, -0.2) is 41.8 Å². The number of imidazole rings is 2. The van der Waals surface area contributed by atoms with Crippen LogP contribution >= 0.6 is 0 Å². The van der Waals surface area contributed by atoms with E-state index in [1.54, 1.807) is 12.5 Å². The van der Waals surface area contributed by atoms with Gasteiger partial charge in [0.05, 0.1) is 23.8 Å². The fourth-order valence-corrected chi connectivity index (χ4v) is 3.02. The Morgan fingerprint density at radius 3 is 2.16 bits per heavy atom. The molecule has 1 amide bonds. The van der Waals surface area contributed by atoms with Crippen LogP contribution in [0.5, 0.6) is 0 Å². The van der Waals surface area contributed by atoms with E-state index < -0.39 is 12.1 Å². The quantitative estimate of drug-likeness (QED) is 0.661. The number of hydrogen-bond acceptors (Lipinski definition) is 3. The number of para-hydroxylation sites is 2. The summed E-state index contributed by atoms with van der Waals surface area (Å²) in [6.07, 6.45) is -0.430. The minimum Gasteiger partial charge on any atom is -0.475 e. The largest absolute Gasteiger partial charge is 0.490 e. The SMILES string of the molecule is CCCn1c(=NC(=O)Cc2cncn2C)n(CC)c2ccccc21.O=C(O)C(F)(F)F. The maximum absolute atomic E-state index is 12.5. The van der Waals surface area contributed by atoms with Crippen molar-refractivity contribution in [1.82, 2.24) is 18.7 Å². The van der Waals surface area contributed by atoms with Crippen molar-refractivity contribution in [3.63, 3.8) is 0 Å². The van der Waals surface area contributed by atoms with Crippen LogP contribution in [-0.2, 0) is 36.1 Å². The van der Waals surface area contributed by atoms with Crippen LogP contribution in [0.15, 0.2) is 41.8 Å². The molecule has 168 valence electrons. The molecule has 0 unspecified atom stereocenters. The van der Waals surface area contributed by atoms with E-state index in [1.807, 2.05) is 23.7 Å². The first kappa shape index (κ1) is 23.9. The van der Waals surface area contributed by atoms with Crippen molar-refractivity contribution in [3.8, 4) is 0 Å². The number of hydrogen-bond donors (Lipinski definition) is 1. The molecule has 1 aromatic carbocycles. The van der Waals surface area contributed by atoms with Gasteiger partial charge in [-0.1, -0.05) is 19.1 Å². The lowest BCUT2D eigenvalue weighted by atomic mass is 10.3. The average molecular weight is 439 g/mol. The van der Waals surface area contributed by atoms with Crippen LogP contribution in [0.1, 0.15) is 26.0 Å². The first-order chi connectivity index (χ1) is 14.6. The third-order valence-electron chi connectivity index (χ3n) is 4.43. The van der Waals surface area contributed by atoms with Crippen LogP contribution < -0.4 is 5.62 Å². The molecular formula is C20H24F3N5O3. The number of carbonyl (C=O) groups excluding carboxylic acids is 1. The number of carbonyl (C=O) groups is 2. The Hall–Kier alpha value is -3.37. The van der Waals surface area contributed by atoms with Gasteiger partial charge in [0.1, 0.15) is 0 Å². The number of nitrogens with zero attached hydrogens (tertiary/aromatic N) is 5. The van der Waals surface area contributed by atoms with Crippen molar-refractivity contribution >= 4 is 22.9 Å². The first-order valence-corrected chi connectivity index (χ1v) is 9.61. The number of rotatable bonds is 5. The molecule has 0 atom stereocenters. The molecule has 0 aliphatic carbocycles. The van der Waals surface area contributed by atoms with Gasteiger partial charge in [-0.25, -0.2) is 9.78 Å². The lowest BCUT2D eigenvalue weighted by Crippen LogP contribution is -2.27. The van der Waals surface area contributed by atoms with Gasteiger partial charge in [0.15, 0.2) is 0 Å². The molecule has 2 aromatic heterocycles. The zero-order valence-electron chi connectivity index (χ0n) is 17.4. The van der Waals surface area contributed by atoms with Gasteiger partial charge >= 0.3 is 12.1 Å². The number of halogens is 3. The number of aromatic nitrogens is 4. The number of amides is 1. The van der Waals surface area contributed by atoms with Gasteiger partial charge in [-0.05, 0) is 25.5 Å². The Labute approximate surface area is 176 Å². The maximum atomic E-state index is 12.5. The zero-order chi connectivity index (χ0) is 23.2. The third-order valence-corrected chi connectivity index (χ3v) is 4.43. The number of carboxylic acids is 1. The Balaban J connectivity index is 0.000000423. The highest BCUT2D eigenvalue weighted by Crippen LogP contribution is 2.14. The fraction of sp³-hybridized carbons (Fsp3) is 0.400. The third kappa shape index (κ3) is 5.83. The van der Waals surface area contributed by atoms with Gasteiger partial charge < -0.3 is 18.8 Å². The second kappa shape index (κ2) is 10.1. The normalized spacial score (nSPS) is 12.0. The van der Waals surface area contributed by atoms with Crippen LogP contribution in [0.2, 0.25) is 0 Å². The zero-order valence-corrected chi connectivity index (χ0v) is 17.4. The minimum absolute atomic E-state index is 0.152. The van der Waals surface area contributed by atoms with Crippen molar-refractivity contribution in [2.45, 2.75) is 46.0 Å². The molecule has 31 heavy (non-hydrogen) atoms. The highest BCUT2D eigenvalue weighted by molar-refractivity contribution is 5.80. The van der Waals surface area contributed by atoms with E-state index in [9.17, 15) is 18.0 Å². The molecule has 0 spiro atoms. The number of alkyl halides is 3. The van der Waals surface area contributed by atoms with Gasteiger partial charge in [-0.15, -0.1) is 0 Å². The van der Waals surface area contributed by atoms with Gasteiger partial charge in [0.25, 0.3) is 5.91 Å². The summed E-state index contributed by atoms with van der Waals surface area (Å²) in [5.74, 6) is -2.91. The Morgan fingerprint density at radius 2 is 1.71 bits per heavy atom. The van der Waals surface area contributed by atoms with E-state index in [0.717, 1.165) is 41.9 Å². The summed E-state index contributed by atoms with van der Waals surface area (Å²) < 4.78 is 37.8. The van der Waals surface area contributed by atoms with E-state index in [4.69, 9.17) is 9.90 Å². The fourth-order valence-electron chi connectivity index (χ4n) is 3.02. The highest BCUT2D eigenvalue weighted by Gasteiger charge is 2.38. The molecule has 0 saturated heterocycles. The molecule has 11 heteroatoms. The van der Waals surface area contributed by atoms with Gasteiger partial charge in [-0.2, -0.15) is 18.2 Å². The molecule has 8 nitrogen and oxygen atoms in total. The van der Waals surface area contributed by atoms with Crippen LogP contribution in [0.4, 0.5) is 13.2 Å². The number of aryl methyl sites for hydroxylation is 3. The van der Waals surface area contributed by atoms with Crippen LogP contribution in [0.3, 0.4) is 0 Å².